The molecule has 4 heteroatoms. The lowest BCUT2D eigenvalue weighted by atomic mass is 9.73. The summed E-state index contributed by atoms with van der Waals surface area (Å²) < 4.78 is 4.94. The summed E-state index contributed by atoms with van der Waals surface area (Å²) in [7, 11) is 0. The molecular weight excluding hydrogens is 182 g/mol. The van der Waals surface area contributed by atoms with Crippen molar-refractivity contribution in [2.75, 3.05) is 6.61 Å². The van der Waals surface area contributed by atoms with Crippen molar-refractivity contribution in [3.8, 4) is 0 Å². The zero-order valence-corrected chi connectivity index (χ0v) is 8.82. The predicted molar refractivity (Wildman–Crippen MR) is 52.6 cm³/mol. The molecule has 0 radical (unpaired) electrons. The maximum Gasteiger partial charge on any atom is 0.310 e. The average molecular weight is 201 g/mol. The van der Waals surface area contributed by atoms with Crippen LogP contribution in [-0.4, -0.2) is 29.3 Å². The molecule has 0 amide bonds. The van der Waals surface area contributed by atoms with Crippen LogP contribution in [0.1, 0.15) is 33.1 Å². The number of hydrogen-bond acceptors (Lipinski definition) is 4. The van der Waals surface area contributed by atoms with Gasteiger partial charge >= 0.3 is 5.97 Å². The van der Waals surface area contributed by atoms with Crippen LogP contribution in [-0.2, 0) is 9.53 Å². The van der Waals surface area contributed by atoms with Gasteiger partial charge in [0.15, 0.2) is 0 Å². The number of rotatable bonds is 2. The Hall–Kier alpha value is -0.610. The number of esters is 1. The molecule has 1 aliphatic carbocycles. The molecule has 82 valence electrons. The van der Waals surface area contributed by atoms with Crippen LogP contribution in [0.2, 0.25) is 0 Å². The molecule has 0 heterocycles. The van der Waals surface area contributed by atoms with E-state index in [2.05, 4.69) is 0 Å². The molecule has 1 fully saturated rings. The molecule has 3 atom stereocenters. The lowest BCUT2D eigenvalue weighted by Gasteiger charge is -2.38. The highest BCUT2D eigenvalue weighted by Gasteiger charge is 2.41. The number of nitrogens with two attached hydrogens (primary N) is 1. The third-order valence-corrected chi connectivity index (χ3v) is 2.89. The SMILES string of the molecule is CCOC(=O)C1CC(O)CC[C@@]1(C)N. The lowest BCUT2D eigenvalue weighted by Crippen LogP contribution is -2.52. The molecule has 2 unspecified atom stereocenters. The molecule has 0 aromatic rings. The van der Waals surface area contributed by atoms with Crippen LogP contribution in [0.15, 0.2) is 0 Å². The molecule has 14 heavy (non-hydrogen) atoms. The number of aliphatic hydroxyl groups excluding tert-OH is 1. The standard InChI is InChI=1S/C10H19NO3/c1-3-14-9(13)8-6-7(12)4-5-10(8,2)11/h7-8,12H,3-6,11H2,1-2H3/t7?,8?,10-/m1/s1. The average Bonchev–Trinajstić information content (AvgIpc) is 2.10. The van der Waals surface area contributed by atoms with Crippen molar-refractivity contribution >= 4 is 5.97 Å². The molecule has 1 aliphatic rings. The van der Waals surface area contributed by atoms with Crippen LogP contribution in [0.4, 0.5) is 0 Å². The second kappa shape index (κ2) is 4.28. The molecule has 0 aliphatic heterocycles. The van der Waals surface area contributed by atoms with Gasteiger partial charge in [-0.3, -0.25) is 4.79 Å². The summed E-state index contributed by atoms with van der Waals surface area (Å²) in [4.78, 5) is 11.5. The Morgan fingerprint density at radius 2 is 2.36 bits per heavy atom. The summed E-state index contributed by atoms with van der Waals surface area (Å²) in [6.45, 7) is 3.98. The summed E-state index contributed by atoms with van der Waals surface area (Å²) in [5.41, 5.74) is 5.47. The fourth-order valence-electron chi connectivity index (χ4n) is 1.92. The van der Waals surface area contributed by atoms with Gasteiger partial charge in [0.2, 0.25) is 0 Å². The van der Waals surface area contributed by atoms with Crippen molar-refractivity contribution in [3.63, 3.8) is 0 Å². The summed E-state index contributed by atoms with van der Waals surface area (Å²) in [6.07, 6.45) is 1.34. The molecule has 0 aromatic heterocycles. The summed E-state index contributed by atoms with van der Waals surface area (Å²) in [5.74, 6) is -0.651. The number of hydrogen-bond donors (Lipinski definition) is 2. The van der Waals surface area contributed by atoms with Gasteiger partial charge in [-0.15, -0.1) is 0 Å². The number of carbonyl (C=O) groups is 1. The van der Waals surface area contributed by atoms with E-state index >= 15 is 0 Å². The first-order chi connectivity index (χ1) is 6.47. The summed E-state index contributed by atoms with van der Waals surface area (Å²) >= 11 is 0. The van der Waals surface area contributed by atoms with Crippen LogP contribution < -0.4 is 5.73 Å². The monoisotopic (exact) mass is 201 g/mol. The van der Waals surface area contributed by atoms with Crippen molar-refractivity contribution in [1.29, 1.82) is 0 Å². The van der Waals surface area contributed by atoms with Crippen molar-refractivity contribution in [2.24, 2.45) is 11.7 Å². The van der Waals surface area contributed by atoms with Gasteiger partial charge in [0.25, 0.3) is 0 Å². The van der Waals surface area contributed by atoms with Gasteiger partial charge in [0.05, 0.1) is 18.6 Å². The molecule has 4 nitrogen and oxygen atoms in total. The van der Waals surface area contributed by atoms with Crippen molar-refractivity contribution in [2.45, 2.75) is 44.8 Å². The molecule has 3 N–H and O–H groups in total. The minimum atomic E-state index is -0.536. The Bertz CT molecular complexity index is 215. The largest absolute Gasteiger partial charge is 0.466 e. The van der Waals surface area contributed by atoms with Crippen molar-refractivity contribution in [3.05, 3.63) is 0 Å². The molecule has 1 rings (SSSR count). The number of ether oxygens (including phenoxy) is 1. The first-order valence-electron chi connectivity index (χ1n) is 5.11. The predicted octanol–water partition coefficient (Wildman–Crippen LogP) is 0.428. The molecular formula is C10H19NO3. The van der Waals surface area contributed by atoms with Gasteiger partial charge in [-0.1, -0.05) is 0 Å². The zero-order chi connectivity index (χ0) is 10.8. The molecule has 0 spiro atoms. The maximum absolute atomic E-state index is 11.5. The van der Waals surface area contributed by atoms with E-state index in [1.165, 1.54) is 0 Å². The van der Waals surface area contributed by atoms with Crippen LogP contribution in [0.5, 0.6) is 0 Å². The minimum Gasteiger partial charge on any atom is -0.466 e. The highest BCUT2D eigenvalue weighted by atomic mass is 16.5. The molecule has 0 bridgehead atoms. The second-order valence-corrected chi connectivity index (χ2v) is 4.24. The fourth-order valence-corrected chi connectivity index (χ4v) is 1.92. The van der Waals surface area contributed by atoms with Crippen LogP contribution in [0.3, 0.4) is 0 Å². The van der Waals surface area contributed by atoms with Crippen molar-refractivity contribution < 1.29 is 14.6 Å². The topological polar surface area (TPSA) is 72.5 Å². The van der Waals surface area contributed by atoms with E-state index < -0.39 is 11.6 Å². The van der Waals surface area contributed by atoms with Gasteiger partial charge in [-0.2, -0.15) is 0 Å². The maximum atomic E-state index is 11.5. The third-order valence-electron chi connectivity index (χ3n) is 2.89. The van der Waals surface area contributed by atoms with Gasteiger partial charge in [0, 0.05) is 5.54 Å². The quantitative estimate of drug-likeness (QED) is 0.635. The van der Waals surface area contributed by atoms with Crippen LogP contribution in [0.25, 0.3) is 0 Å². The minimum absolute atomic E-state index is 0.281. The van der Waals surface area contributed by atoms with Crippen LogP contribution >= 0.6 is 0 Å². The van der Waals surface area contributed by atoms with Gasteiger partial charge in [-0.25, -0.2) is 0 Å². The Kier molecular flexibility index (Phi) is 3.50. The first kappa shape index (κ1) is 11.5. The van der Waals surface area contributed by atoms with E-state index in [4.69, 9.17) is 10.5 Å². The van der Waals surface area contributed by atoms with Crippen molar-refractivity contribution in [1.82, 2.24) is 0 Å². The highest BCUT2D eigenvalue weighted by molar-refractivity contribution is 5.74. The smallest absolute Gasteiger partial charge is 0.310 e. The summed E-state index contributed by atoms with van der Waals surface area (Å²) in [5, 5.41) is 9.47. The lowest BCUT2D eigenvalue weighted by molar-refractivity contribution is -0.153. The fraction of sp³-hybridized carbons (Fsp3) is 0.900. The van der Waals surface area contributed by atoms with E-state index in [1.807, 2.05) is 6.92 Å². The zero-order valence-electron chi connectivity index (χ0n) is 8.82. The Morgan fingerprint density at radius 1 is 1.71 bits per heavy atom. The van der Waals surface area contributed by atoms with E-state index in [0.29, 0.717) is 25.9 Å². The molecule has 1 saturated carbocycles. The van der Waals surface area contributed by atoms with Gasteiger partial charge < -0.3 is 15.6 Å². The molecule has 0 aromatic carbocycles. The van der Waals surface area contributed by atoms with E-state index in [9.17, 15) is 9.90 Å². The number of carbonyl (C=O) groups excluding carboxylic acids is 1. The Morgan fingerprint density at radius 3 is 2.93 bits per heavy atom. The van der Waals surface area contributed by atoms with Gasteiger partial charge in [0.1, 0.15) is 0 Å². The van der Waals surface area contributed by atoms with E-state index in [-0.39, 0.29) is 11.9 Å². The highest BCUT2D eigenvalue weighted by Crippen LogP contribution is 2.32. The second-order valence-electron chi connectivity index (χ2n) is 4.24. The normalized spacial score (nSPS) is 38.0. The van der Waals surface area contributed by atoms with E-state index in [1.54, 1.807) is 6.92 Å². The van der Waals surface area contributed by atoms with Gasteiger partial charge in [-0.05, 0) is 33.1 Å². The third kappa shape index (κ3) is 2.45. The van der Waals surface area contributed by atoms with Crippen LogP contribution in [0, 0.1) is 5.92 Å². The van der Waals surface area contributed by atoms with E-state index in [0.717, 1.165) is 0 Å². The first-order valence-corrected chi connectivity index (χ1v) is 5.11. The Balaban J connectivity index is 2.67. The number of aliphatic hydroxyl groups is 1. The Labute approximate surface area is 84.4 Å². The molecule has 0 saturated heterocycles. The summed E-state index contributed by atoms with van der Waals surface area (Å²) in [6, 6.07) is 0.